The number of carboxylic acids is 1. The van der Waals surface area contributed by atoms with E-state index in [9.17, 15) is 18.7 Å². The molecule has 2 N–H and O–H groups in total. The highest BCUT2D eigenvalue weighted by atomic mass is 19.3. The number of aliphatic hydroxyl groups is 1. The van der Waals surface area contributed by atoms with Crippen molar-refractivity contribution >= 4 is 5.97 Å². The van der Waals surface area contributed by atoms with E-state index in [2.05, 4.69) is 0 Å². The van der Waals surface area contributed by atoms with Gasteiger partial charge in [-0.25, -0.2) is 8.78 Å². The molecule has 3 atom stereocenters. The molecule has 6 heteroatoms. The monoisotopic (exact) mass is 265 g/mol. The fraction of sp³-hybridized carbons (Fsp3) is 0.917. The first-order valence-electron chi connectivity index (χ1n) is 6.32. The molecule has 3 unspecified atom stereocenters. The van der Waals surface area contributed by atoms with Gasteiger partial charge in [-0.3, -0.25) is 9.69 Å². The Bertz CT molecular complexity index is 299. The van der Waals surface area contributed by atoms with Crippen LogP contribution in [0.25, 0.3) is 0 Å². The predicted octanol–water partition coefficient (Wildman–Crippen LogP) is 1.58. The van der Waals surface area contributed by atoms with Gasteiger partial charge in [0.1, 0.15) is 6.04 Å². The van der Waals surface area contributed by atoms with Crippen molar-refractivity contribution in [3.63, 3.8) is 0 Å². The molecule has 1 heterocycles. The van der Waals surface area contributed by atoms with E-state index in [4.69, 9.17) is 5.11 Å². The van der Waals surface area contributed by atoms with E-state index in [1.54, 1.807) is 4.90 Å². The van der Waals surface area contributed by atoms with Gasteiger partial charge in [-0.05, 0) is 19.4 Å². The number of aliphatic hydroxyl groups excluding tert-OH is 1. The summed E-state index contributed by atoms with van der Waals surface area (Å²) in [5.74, 6) is -5.04. The lowest BCUT2D eigenvalue weighted by Gasteiger charge is -2.31. The summed E-state index contributed by atoms with van der Waals surface area (Å²) in [7, 11) is 0. The summed E-state index contributed by atoms with van der Waals surface area (Å²) in [5.41, 5.74) is 0. The first-order valence-corrected chi connectivity index (χ1v) is 6.32. The highest BCUT2D eigenvalue weighted by Crippen LogP contribution is 2.31. The van der Waals surface area contributed by atoms with E-state index in [0.717, 1.165) is 6.42 Å². The highest BCUT2D eigenvalue weighted by molar-refractivity contribution is 5.73. The third-order valence-electron chi connectivity index (χ3n) is 3.79. The van der Waals surface area contributed by atoms with Gasteiger partial charge in [0, 0.05) is 18.9 Å². The molecular weight excluding hydrogens is 244 g/mol. The van der Waals surface area contributed by atoms with Crippen LogP contribution in [0.5, 0.6) is 0 Å². The third-order valence-corrected chi connectivity index (χ3v) is 3.79. The lowest BCUT2D eigenvalue weighted by atomic mass is 9.94. The number of nitrogens with zero attached hydrogens (tertiary/aromatic N) is 1. The van der Waals surface area contributed by atoms with Crippen LogP contribution in [0.3, 0.4) is 0 Å². The van der Waals surface area contributed by atoms with Gasteiger partial charge in [-0.15, -0.1) is 0 Å². The van der Waals surface area contributed by atoms with Crippen LogP contribution < -0.4 is 0 Å². The minimum Gasteiger partial charge on any atom is -0.480 e. The molecule has 0 saturated carbocycles. The van der Waals surface area contributed by atoms with Crippen LogP contribution in [-0.2, 0) is 4.79 Å². The molecule has 0 aromatic heterocycles. The lowest BCUT2D eigenvalue weighted by molar-refractivity contribution is -0.143. The first kappa shape index (κ1) is 15.3. The van der Waals surface area contributed by atoms with Gasteiger partial charge in [0.25, 0.3) is 5.92 Å². The summed E-state index contributed by atoms with van der Waals surface area (Å²) in [5, 5.41) is 18.8. The van der Waals surface area contributed by atoms with E-state index in [-0.39, 0.29) is 13.0 Å². The Kier molecular flexibility index (Phi) is 5.04. The summed E-state index contributed by atoms with van der Waals surface area (Å²) in [6, 6.07) is -0.651. The Morgan fingerprint density at radius 3 is 2.67 bits per heavy atom. The molecule has 0 spiro atoms. The molecule has 0 radical (unpaired) electrons. The summed E-state index contributed by atoms with van der Waals surface area (Å²) in [6.07, 6.45) is -0.295. The smallest absolute Gasteiger partial charge is 0.320 e. The molecule has 0 amide bonds. The lowest BCUT2D eigenvalue weighted by Crippen LogP contribution is -2.45. The predicted molar refractivity (Wildman–Crippen MR) is 62.6 cm³/mol. The van der Waals surface area contributed by atoms with Gasteiger partial charge in [0.2, 0.25) is 0 Å². The average Bonchev–Trinajstić information content (AvgIpc) is 2.76. The van der Waals surface area contributed by atoms with Gasteiger partial charge in [0.15, 0.2) is 0 Å². The van der Waals surface area contributed by atoms with Crippen LogP contribution in [0.2, 0.25) is 0 Å². The maximum atomic E-state index is 13.4. The van der Waals surface area contributed by atoms with Crippen LogP contribution in [-0.4, -0.2) is 52.2 Å². The van der Waals surface area contributed by atoms with Crippen LogP contribution in [0.1, 0.15) is 33.1 Å². The standard InChI is InChI=1S/C12H21F2NO3/c1-3-12(13,14)8(2)10(16)7-15-6-4-5-9(15)11(17)18/h8-10,16H,3-7H2,1-2H3,(H,17,18). The summed E-state index contributed by atoms with van der Waals surface area (Å²) < 4.78 is 26.9. The van der Waals surface area contributed by atoms with Crippen LogP contribution in [0.15, 0.2) is 0 Å². The maximum Gasteiger partial charge on any atom is 0.320 e. The number of rotatable bonds is 6. The molecule has 18 heavy (non-hydrogen) atoms. The fourth-order valence-electron chi connectivity index (χ4n) is 2.33. The van der Waals surface area contributed by atoms with Gasteiger partial charge >= 0.3 is 5.97 Å². The SMILES string of the molecule is CCC(F)(F)C(C)C(O)CN1CCCC1C(=O)O. The fourth-order valence-corrected chi connectivity index (χ4v) is 2.33. The molecular formula is C12H21F2NO3. The van der Waals surface area contributed by atoms with Crippen LogP contribution >= 0.6 is 0 Å². The van der Waals surface area contributed by atoms with Gasteiger partial charge in [-0.2, -0.15) is 0 Å². The second-order valence-electron chi connectivity index (χ2n) is 4.96. The van der Waals surface area contributed by atoms with Crippen LogP contribution in [0, 0.1) is 5.92 Å². The minimum atomic E-state index is -2.92. The molecule has 1 aliphatic rings. The number of hydrogen-bond donors (Lipinski definition) is 2. The molecule has 1 aliphatic heterocycles. The second-order valence-corrected chi connectivity index (χ2v) is 4.96. The van der Waals surface area contributed by atoms with Gasteiger partial charge in [0.05, 0.1) is 6.10 Å². The number of halogens is 2. The van der Waals surface area contributed by atoms with E-state index < -0.39 is 30.0 Å². The molecule has 0 aliphatic carbocycles. The normalized spacial score (nSPS) is 25.1. The maximum absolute atomic E-state index is 13.4. The highest BCUT2D eigenvalue weighted by Gasteiger charge is 2.41. The number of likely N-dealkylation sites (tertiary alicyclic amines) is 1. The summed E-state index contributed by atoms with van der Waals surface area (Å²) in [6.45, 7) is 3.21. The van der Waals surface area contributed by atoms with Crippen LogP contribution in [0.4, 0.5) is 8.78 Å². The van der Waals surface area contributed by atoms with E-state index in [0.29, 0.717) is 13.0 Å². The van der Waals surface area contributed by atoms with Crippen molar-refractivity contribution in [2.75, 3.05) is 13.1 Å². The second kappa shape index (κ2) is 5.93. The van der Waals surface area contributed by atoms with Gasteiger partial charge in [-0.1, -0.05) is 13.8 Å². The quantitative estimate of drug-likeness (QED) is 0.765. The minimum absolute atomic E-state index is 0.00623. The van der Waals surface area contributed by atoms with Crippen molar-refractivity contribution in [2.45, 2.75) is 51.2 Å². The van der Waals surface area contributed by atoms with Crippen molar-refractivity contribution in [1.82, 2.24) is 4.90 Å². The Balaban J connectivity index is 2.59. The summed E-state index contributed by atoms with van der Waals surface area (Å²) >= 11 is 0. The molecule has 4 nitrogen and oxygen atoms in total. The number of carboxylic acid groups (broad SMARTS) is 1. The largest absolute Gasteiger partial charge is 0.480 e. The number of carbonyl (C=O) groups is 1. The van der Waals surface area contributed by atoms with Gasteiger partial charge < -0.3 is 10.2 Å². The van der Waals surface area contributed by atoms with E-state index >= 15 is 0 Å². The number of alkyl halides is 2. The van der Waals surface area contributed by atoms with Crippen molar-refractivity contribution in [3.8, 4) is 0 Å². The van der Waals surface area contributed by atoms with Crippen molar-refractivity contribution < 1.29 is 23.8 Å². The Labute approximate surface area is 106 Å². The Hall–Kier alpha value is -0.750. The number of β-amino-alcohol motifs (C(OH)–C–C–N with tert-alkyl or cyclic N) is 1. The molecule has 1 saturated heterocycles. The third kappa shape index (κ3) is 3.38. The number of aliphatic carboxylic acids is 1. The number of hydrogen-bond acceptors (Lipinski definition) is 3. The Morgan fingerprint density at radius 2 is 2.17 bits per heavy atom. The zero-order chi connectivity index (χ0) is 13.9. The zero-order valence-corrected chi connectivity index (χ0v) is 10.8. The average molecular weight is 265 g/mol. The van der Waals surface area contributed by atoms with Crippen molar-refractivity contribution in [2.24, 2.45) is 5.92 Å². The molecule has 0 aromatic rings. The first-order chi connectivity index (χ1) is 8.29. The van der Waals surface area contributed by atoms with Crippen molar-refractivity contribution in [1.29, 1.82) is 0 Å². The molecule has 1 rings (SSSR count). The molecule has 0 aromatic carbocycles. The molecule has 0 bridgehead atoms. The Morgan fingerprint density at radius 1 is 1.56 bits per heavy atom. The topological polar surface area (TPSA) is 60.8 Å². The zero-order valence-electron chi connectivity index (χ0n) is 10.8. The molecule has 1 fully saturated rings. The van der Waals surface area contributed by atoms with Crippen molar-refractivity contribution in [3.05, 3.63) is 0 Å². The van der Waals surface area contributed by atoms with E-state index in [1.165, 1.54) is 13.8 Å². The summed E-state index contributed by atoms with van der Waals surface area (Å²) in [4.78, 5) is 12.5. The van der Waals surface area contributed by atoms with E-state index in [1.807, 2.05) is 0 Å². The molecule has 106 valence electrons.